The average molecular weight is 374 g/mol. The zero-order chi connectivity index (χ0) is 19.3. The molecule has 0 aliphatic carbocycles. The second-order valence-electron chi connectivity index (χ2n) is 6.00. The van der Waals surface area contributed by atoms with Crippen LogP contribution in [0.5, 0.6) is 0 Å². The fourth-order valence-electron chi connectivity index (χ4n) is 3.12. The van der Waals surface area contributed by atoms with E-state index in [0.717, 1.165) is 4.90 Å². The Morgan fingerprint density at radius 2 is 1.73 bits per heavy atom. The molecule has 0 radical (unpaired) electrons. The molecule has 6 nitrogen and oxygen atoms in total. The molecule has 1 saturated heterocycles. The fourth-order valence-corrected chi connectivity index (χ4v) is 3.12. The largest absolute Gasteiger partial charge is 0.469 e. The van der Waals surface area contributed by atoms with Crippen LogP contribution in [0.1, 0.15) is 16.1 Å². The molecule has 2 heterocycles. The normalized spacial score (nSPS) is 20.0. The molecule has 1 amide bonds. The van der Waals surface area contributed by atoms with Gasteiger partial charge in [0.25, 0.3) is 5.91 Å². The van der Waals surface area contributed by atoms with E-state index in [1.54, 1.807) is 0 Å². The maximum absolute atomic E-state index is 14.2. The van der Waals surface area contributed by atoms with Crippen LogP contribution in [0.4, 0.5) is 17.6 Å². The number of rotatable bonds is 2. The minimum absolute atomic E-state index is 0.0571. The Hall–Kier alpha value is -2.62. The van der Waals surface area contributed by atoms with E-state index in [4.69, 9.17) is 10.2 Å². The lowest BCUT2D eigenvalue weighted by atomic mass is 10.1. The molecule has 0 spiro atoms. The highest BCUT2D eigenvalue weighted by Gasteiger charge is 2.40. The molecule has 2 unspecified atom stereocenters. The second-order valence-corrected chi connectivity index (χ2v) is 6.00. The lowest BCUT2D eigenvalue weighted by Gasteiger charge is -2.15. The van der Waals surface area contributed by atoms with E-state index in [2.05, 4.69) is 4.74 Å². The van der Waals surface area contributed by atoms with Crippen molar-refractivity contribution < 1.29 is 36.3 Å². The minimum Gasteiger partial charge on any atom is -0.469 e. The summed E-state index contributed by atoms with van der Waals surface area (Å²) in [5.41, 5.74) is 4.48. The van der Waals surface area contributed by atoms with Gasteiger partial charge in [-0.05, 0) is 6.92 Å². The number of benzene rings is 1. The van der Waals surface area contributed by atoms with Crippen molar-refractivity contribution in [2.24, 2.45) is 11.7 Å². The molecule has 10 heteroatoms. The molecule has 140 valence electrons. The van der Waals surface area contributed by atoms with Gasteiger partial charge in [-0.3, -0.25) is 9.59 Å². The number of esters is 1. The number of aryl methyl sites for hydroxylation is 1. The highest BCUT2D eigenvalue weighted by atomic mass is 19.2. The number of likely N-dealkylation sites (tertiary alicyclic amines) is 1. The zero-order valence-electron chi connectivity index (χ0n) is 13.7. The third kappa shape index (κ3) is 2.52. The Bertz CT molecular complexity index is 927. The van der Waals surface area contributed by atoms with E-state index in [1.807, 2.05) is 0 Å². The number of halogens is 4. The van der Waals surface area contributed by atoms with Gasteiger partial charge in [-0.25, -0.2) is 13.2 Å². The molecule has 3 rings (SSSR count). The highest BCUT2D eigenvalue weighted by Crippen LogP contribution is 2.34. The first-order valence-electron chi connectivity index (χ1n) is 7.56. The summed E-state index contributed by atoms with van der Waals surface area (Å²) in [5, 5.41) is -0.793. The minimum atomic E-state index is -2.05. The lowest BCUT2D eigenvalue weighted by molar-refractivity contribution is -0.145. The highest BCUT2D eigenvalue weighted by molar-refractivity contribution is 6.07. The number of hydrogen-bond acceptors (Lipinski definition) is 5. The standard InChI is InChI=1S/C16H14F4N2O4/c1-5-8(9-10(17)11(18)12(19)13(20)14(9)26-5)15(23)22-3-6(7(21)4-22)16(24)25-2/h6-7H,3-4,21H2,1-2H3. The van der Waals surface area contributed by atoms with Crippen LogP contribution in [0.15, 0.2) is 4.42 Å². The fraction of sp³-hybridized carbons (Fsp3) is 0.375. The average Bonchev–Trinajstić information content (AvgIpc) is 3.17. The molecule has 2 atom stereocenters. The molecule has 0 saturated carbocycles. The number of methoxy groups -OCH3 is 1. The number of furan rings is 1. The Balaban J connectivity index is 2.08. The van der Waals surface area contributed by atoms with Crippen LogP contribution in [-0.4, -0.2) is 43.0 Å². The van der Waals surface area contributed by atoms with Gasteiger partial charge >= 0.3 is 5.97 Å². The predicted molar refractivity (Wildman–Crippen MR) is 80.2 cm³/mol. The summed E-state index contributed by atoms with van der Waals surface area (Å²) in [6.07, 6.45) is 0. The number of amides is 1. The van der Waals surface area contributed by atoms with E-state index < -0.39 is 63.6 Å². The van der Waals surface area contributed by atoms with Crippen molar-refractivity contribution in [3.63, 3.8) is 0 Å². The molecule has 26 heavy (non-hydrogen) atoms. The maximum atomic E-state index is 14.2. The molecule has 1 fully saturated rings. The summed E-state index contributed by atoms with van der Waals surface area (Å²) in [5.74, 6) is -10.0. The first kappa shape index (κ1) is 18.2. The van der Waals surface area contributed by atoms with Gasteiger partial charge in [-0.1, -0.05) is 0 Å². The van der Waals surface area contributed by atoms with E-state index >= 15 is 0 Å². The van der Waals surface area contributed by atoms with Crippen LogP contribution in [0.25, 0.3) is 11.0 Å². The van der Waals surface area contributed by atoms with Crippen molar-refractivity contribution in [2.75, 3.05) is 20.2 Å². The summed E-state index contributed by atoms with van der Waals surface area (Å²) >= 11 is 0. The molecule has 2 N–H and O–H groups in total. The van der Waals surface area contributed by atoms with Gasteiger partial charge in [-0.2, -0.15) is 4.39 Å². The molecular formula is C16H14F4N2O4. The molecule has 1 aromatic heterocycles. The predicted octanol–water partition coefficient (Wildman–Crippen LogP) is 1.87. The van der Waals surface area contributed by atoms with Gasteiger partial charge in [0.15, 0.2) is 17.2 Å². The third-order valence-corrected chi connectivity index (χ3v) is 4.45. The maximum Gasteiger partial charge on any atom is 0.312 e. The molecule has 1 aromatic carbocycles. The van der Waals surface area contributed by atoms with Crippen LogP contribution in [0, 0.1) is 36.1 Å². The van der Waals surface area contributed by atoms with Crippen molar-refractivity contribution in [2.45, 2.75) is 13.0 Å². The van der Waals surface area contributed by atoms with E-state index in [0.29, 0.717) is 0 Å². The van der Waals surface area contributed by atoms with Gasteiger partial charge in [0, 0.05) is 19.1 Å². The Morgan fingerprint density at radius 3 is 2.35 bits per heavy atom. The third-order valence-electron chi connectivity index (χ3n) is 4.45. The van der Waals surface area contributed by atoms with Crippen LogP contribution >= 0.6 is 0 Å². The van der Waals surface area contributed by atoms with Gasteiger partial charge in [0.05, 0.1) is 24.0 Å². The first-order chi connectivity index (χ1) is 12.2. The summed E-state index contributed by atoms with van der Waals surface area (Å²) in [4.78, 5) is 25.6. The number of hydrogen-bond donors (Lipinski definition) is 1. The molecule has 1 aliphatic heterocycles. The van der Waals surface area contributed by atoms with Gasteiger partial charge in [-0.15, -0.1) is 0 Å². The van der Waals surface area contributed by atoms with Crippen molar-refractivity contribution >= 4 is 22.8 Å². The first-order valence-corrected chi connectivity index (χ1v) is 7.56. The topological polar surface area (TPSA) is 85.8 Å². The van der Waals surface area contributed by atoms with Crippen LogP contribution < -0.4 is 5.73 Å². The van der Waals surface area contributed by atoms with Crippen LogP contribution in [0.2, 0.25) is 0 Å². The molecule has 0 bridgehead atoms. The number of nitrogens with two attached hydrogens (primary N) is 1. The van der Waals surface area contributed by atoms with E-state index in [-0.39, 0.29) is 18.8 Å². The van der Waals surface area contributed by atoms with Gasteiger partial charge < -0.3 is 19.8 Å². The number of nitrogens with zero attached hydrogens (tertiary/aromatic N) is 1. The van der Waals surface area contributed by atoms with Crippen LogP contribution in [0.3, 0.4) is 0 Å². The summed E-state index contributed by atoms with van der Waals surface area (Å²) < 4.78 is 64.6. The number of carbonyl (C=O) groups excluding carboxylic acids is 2. The lowest BCUT2D eigenvalue weighted by Crippen LogP contribution is -2.35. The SMILES string of the molecule is COC(=O)C1CN(C(=O)c2c(C)oc3c(F)c(F)c(F)c(F)c23)CC1N. The van der Waals surface area contributed by atoms with Crippen molar-refractivity contribution in [1.82, 2.24) is 4.90 Å². The number of fused-ring (bicyclic) bond motifs is 1. The van der Waals surface area contributed by atoms with Gasteiger partial charge in [0.1, 0.15) is 5.76 Å². The number of carbonyl (C=O) groups is 2. The zero-order valence-corrected chi connectivity index (χ0v) is 13.7. The van der Waals surface area contributed by atoms with E-state index in [9.17, 15) is 27.2 Å². The Morgan fingerprint density at radius 1 is 1.12 bits per heavy atom. The Labute approximate surface area is 144 Å². The quantitative estimate of drug-likeness (QED) is 0.375. The van der Waals surface area contributed by atoms with Crippen molar-refractivity contribution in [1.29, 1.82) is 0 Å². The van der Waals surface area contributed by atoms with Gasteiger partial charge in [0.2, 0.25) is 11.6 Å². The molecular weight excluding hydrogens is 360 g/mol. The summed E-state index contributed by atoms with van der Waals surface area (Å²) in [7, 11) is 1.17. The Kier molecular flexibility index (Phi) is 4.39. The summed E-state index contributed by atoms with van der Waals surface area (Å²) in [6, 6.07) is -0.722. The molecule has 1 aliphatic rings. The van der Waals surface area contributed by atoms with Crippen LogP contribution in [-0.2, 0) is 9.53 Å². The van der Waals surface area contributed by atoms with E-state index in [1.165, 1.54) is 14.0 Å². The number of ether oxygens (including phenoxy) is 1. The smallest absolute Gasteiger partial charge is 0.312 e. The molecule has 2 aromatic rings. The monoisotopic (exact) mass is 374 g/mol. The second kappa shape index (κ2) is 6.27. The van der Waals surface area contributed by atoms with Crippen molar-refractivity contribution in [3.05, 3.63) is 34.6 Å². The van der Waals surface area contributed by atoms with Crippen molar-refractivity contribution in [3.8, 4) is 0 Å². The summed E-state index contributed by atoms with van der Waals surface area (Å²) in [6.45, 7) is 1.06.